The highest BCUT2D eigenvalue weighted by Gasteiger charge is 2.59. The van der Waals surface area contributed by atoms with E-state index in [2.05, 4.69) is 44.1 Å². The van der Waals surface area contributed by atoms with Crippen molar-refractivity contribution in [3.8, 4) is 0 Å². The molecule has 0 amide bonds. The summed E-state index contributed by atoms with van der Waals surface area (Å²) in [7, 11) is 0. The highest BCUT2D eigenvalue weighted by atomic mass is 15.0. The Morgan fingerprint density at radius 2 is 2.11 bits per heavy atom. The Balaban J connectivity index is 1.91. The number of hydrogen-bond acceptors (Lipinski definition) is 2. The van der Waals surface area contributed by atoms with E-state index in [1.807, 2.05) is 12.4 Å². The molecule has 98 valence electrons. The van der Waals surface area contributed by atoms with Crippen LogP contribution in [-0.2, 0) is 0 Å². The molecule has 0 spiro atoms. The summed E-state index contributed by atoms with van der Waals surface area (Å²) in [5.74, 6) is 0.886. The molecule has 0 aliphatic heterocycles. The van der Waals surface area contributed by atoms with Gasteiger partial charge in [0.05, 0.1) is 11.9 Å². The van der Waals surface area contributed by atoms with E-state index in [0.29, 0.717) is 16.9 Å². The van der Waals surface area contributed by atoms with E-state index < -0.39 is 0 Å². The lowest BCUT2D eigenvalue weighted by molar-refractivity contribution is 0.155. The van der Waals surface area contributed by atoms with Crippen LogP contribution in [0, 0.1) is 23.7 Å². The Morgan fingerprint density at radius 1 is 1.33 bits per heavy atom. The molecule has 0 radical (unpaired) electrons. The Labute approximate surface area is 110 Å². The maximum Gasteiger partial charge on any atom is 0.0558 e. The fraction of sp³-hybridized carbons (Fsp3) is 0.688. The van der Waals surface area contributed by atoms with Crippen LogP contribution in [0.3, 0.4) is 0 Å². The number of fused-ring (bicyclic) bond motifs is 2. The molecule has 2 fully saturated rings. The van der Waals surface area contributed by atoms with Gasteiger partial charge in [0.15, 0.2) is 0 Å². The third kappa shape index (κ3) is 1.58. The number of anilines is 1. The number of nitrogens with one attached hydrogen (secondary N) is 1. The molecule has 1 heterocycles. The number of pyridine rings is 1. The van der Waals surface area contributed by atoms with Crippen LogP contribution < -0.4 is 5.32 Å². The second kappa shape index (κ2) is 3.72. The molecule has 2 bridgehead atoms. The first-order valence-electron chi connectivity index (χ1n) is 7.11. The molecule has 2 aliphatic carbocycles. The molecule has 3 atom stereocenters. The van der Waals surface area contributed by atoms with Gasteiger partial charge in [-0.3, -0.25) is 4.98 Å². The highest BCUT2D eigenvalue weighted by Crippen LogP contribution is 2.63. The Hall–Kier alpha value is -1.05. The molecular weight excluding hydrogens is 220 g/mol. The number of aromatic nitrogens is 1. The van der Waals surface area contributed by atoms with Gasteiger partial charge in [0.1, 0.15) is 0 Å². The van der Waals surface area contributed by atoms with Crippen LogP contribution in [0.5, 0.6) is 0 Å². The summed E-state index contributed by atoms with van der Waals surface area (Å²) in [6.07, 6.45) is 8.01. The average molecular weight is 244 g/mol. The van der Waals surface area contributed by atoms with E-state index in [1.165, 1.54) is 30.5 Å². The first-order chi connectivity index (χ1) is 8.43. The summed E-state index contributed by atoms with van der Waals surface area (Å²) in [6.45, 7) is 9.49. The van der Waals surface area contributed by atoms with Gasteiger partial charge in [-0.05, 0) is 54.6 Å². The summed E-state index contributed by atoms with van der Waals surface area (Å²) in [4.78, 5) is 4.26. The molecule has 18 heavy (non-hydrogen) atoms. The predicted octanol–water partition coefficient (Wildman–Crippen LogP) is 4.02. The molecule has 2 aliphatic rings. The van der Waals surface area contributed by atoms with Crippen molar-refractivity contribution in [2.45, 2.75) is 53.0 Å². The summed E-state index contributed by atoms with van der Waals surface area (Å²) in [6, 6.07) is 2.66. The Kier molecular flexibility index (Phi) is 2.48. The lowest BCUT2D eigenvalue weighted by Gasteiger charge is -2.43. The van der Waals surface area contributed by atoms with Crippen molar-refractivity contribution in [2.24, 2.45) is 16.7 Å². The first-order valence-corrected chi connectivity index (χ1v) is 7.11. The van der Waals surface area contributed by atoms with Crippen LogP contribution in [0.2, 0.25) is 0 Å². The molecule has 0 aromatic carbocycles. The maximum atomic E-state index is 4.26. The minimum Gasteiger partial charge on any atom is -0.380 e. The van der Waals surface area contributed by atoms with E-state index >= 15 is 0 Å². The largest absolute Gasteiger partial charge is 0.380 e. The van der Waals surface area contributed by atoms with E-state index in [4.69, 9.17) is 0 Å². The highest BCUT2D eigenvalue weighted by molar-refractivity contribution is 5.50. The third-order valence-corrected chi connectivity index (χ3v) is 5.61. The number of hydrogen-bond donors (Lipinski definition) is 1. The zero-order valence-corrected chi connectivity index (χ0v) is 12.0. The fourth-order valence-electron chi connectivity index (χ4n) is 4.43. The normalized spacial score (nSPS) is 36.9. The quantitative estimate of drug-likeness (QED) is 0.850. The molecule has 1 N–H and O–H groups in total. The molecule has 3 rings (SSSR count). The van der Waals surface area contributed by atoms with Crippen LogP contribution >= 0.6 is 0 Å². The van der Waals surface area contributed by atoms with Gasteiger partial charge in [-0.25, -0.2) is 0 Å². The Bertz CT molecular complexity index is 461. The van der Waals surface area contributed by atoms with Gasteiger partial charge in [-0.15, -0.1) is 0 Å². The van der Waals surface area contributed by atoms with Gasteiger partial charge in [0.25, 0.3) is 0 Å². The van der Waals surface area contributed by atoms with Crippen LogP contribution in [0.25, 0.3) is 0 Å². The van der Waals surface area contributed by atoms with Gasteiger partial charge < -0.3 is 5.32 Å². The van der Waals surface area contributed by atoms with Crippen molar-refractivity contribution in [1.82, 2.24) is 4.98 Å². The zero-order chi connectivity index (χ0) is 13.0. The van der Waals surface area contributed by atoms with Crippen molar-refractivity contribution in [3.05, 3.63) is 24.0 Å². The number of nitrogens with zero attached hydrogens (tertiary/aromatic N) is 1. The summed E-state index contributed by atoms with van der Waals surface area (Å²) < 4.78 is 0. The molecule has 1 aromatic heterocycles. The molecule has 2 nitrogen and oxygen atoms in total. The third-order valence-electron chi connectivity index (χ3n) is 5.61. The summed E-state index contributed by atoms with van der Waals surface area (Å²) >= 11 is 0. The molecular formula is C16H24N2. The van der Waals surface area contributed by atoms with Gasteiger partial charge in [-0.2, -0.15) is 0 Å². The second-order valence-corrected chi connectivity index (χ2v) is 7.18. The van der Waals surface area contributed by atoms with E-state index in [0.717, 1.165) is 5.92 Å². The van der Waals surface area contributed by atoms with Crippen LogP contribution in [0.15, 0.2) is 18.5 Å². The van der Waals surface area contributed by atoms with E-state index in [1.54, 1.807) is 0 Å². The fourth-order valence-corrected chi connectivity index (χ4v) is 4.43. The number of rotatable bonds is 2. The molecule has 0 saturated heterocycles. The van der Waals surface area contributed by atoms with Gasteiger partial charge in [-0.1, -0.05) is 20.8 Å². The van der Waals surface area contributed by atoms with Crippen LogP contribution in [0.4, 0.5) is 5.69 Å². The topological polar surface area (TPSA) is 24.9 Å². The molecule has 1 aromatic rings. The van der Waals surface area contributed by atoms with E-state index in [9.17, 15) is 0 Å². The predicted molar refractivity (Wildman–Crippen MR) is 75.6 cm³/mol. The Morgan fingerprint density at radius 3 is 2.72 bits per heavy atom. The van der Waals surface area contributed by atoms with Crippen LogP contribution in [0.1, 0.15) is 45.6 Å². The molecule has 3 unspecified atom stereocenters. The number of aryl methyl sites for hydroxylation is 1. The van der Waals surface area contributed by atoms with Crippen molar-refractivity contribution in [3.63, 3.8) is 0 Å². The average Bonchev–Trinajstić information content (AvgIpc) is 2.78. The summed E-state index contributed by atoms with van der Waals surface area (Å²) in [5, 5.41) is 3.81. The van der Waals surface area contributed by atoms with Gasteiger partial charge in [0, 0.05) is 12.2 Å². The van der Waals surface area contributed by atoms with Crippen molar-refractivity contribution < 1.29 is 0 Å². The minimum absolute atomic E-state index is 0.398. The molecule has 2 heteroatoms. The minimum atomic E-state index is 0.398. The lowest BCUT2D eigenvalue weighted by atomic mass is 9.68. The van der Waals surface area contributed by atoms with Gasteiger partial charge >= 0.3 is 0 Å². The monoisotopic (exact) mass is 244 g/mol. The van der Waals surface area contributed by atoms with E-state index in [-0.39, 0.29) is 0 Å². The molecule has 2 saturated carbocycles. The second-order valence-electron chi connectivity index (χ2n) is 7.18. The maximum absolute atomic E-state index is 4.26. The van der Waals surface area contributed by atoms with Crippen molar-refractivity contribution in [2.75, 3.05) is 5.32 Å². The van der Waals surface area contributed by atoms with Crippen molar-refractivity contribution >= 4 is 5.69 Å². The summed E-state index contributed by atoms with van der Waals surface area (Å²) in [5.41, 5.74) is 3.38. The van der Waals surface area contributed by atoms with Crippen LogP contribution in [-0.4, -0.2) is 11.0 Å². The zero-order valence-electron chi connectivity index (χ0n) is 12.0. The first kappa shape index (κ1) is 12.0. The standard InChI is InChI=1S/C16H24N2/c1-11-6-8-17-10-13(11)18-14-15(2,3)12-5-7-16(14,4)9-12/h6,8,10,12,14,18H,5,7,9H2,1-4H3. The smallest absolute Gasteiger partial charge is 0.0558 e. The lowest BCUT2D eigenvalue weighted by Crippen LogP contribution is -2.45. The SMILES string of the molecule is Cc1ccncc1NC1C2(C)CCC(C2)C1(C)C. The van der Waals surface area contributed by atoms with Gasteiger partial charge in [0.2, 0.25) is 0 Å². The van der Waals surface area contributed by atoms with Crippen molar-refractivity contribution in [1.29, 1.82) is 0 Å².